The van der Waals surface area contributed by atoms with Crippen LogP contribution >= 0.6 is 0 Å². The Kier molecular flexibility index (Phi) is 7.52. The molecule has 32 heavy (non-hydrogen) atoms. The first-order valence-electron chi connectivity index (χ1n) is 10.9. The number of amides is 2. The molecule has 174 valence electrons. The van der Waals surface area contributed by atoms with E-state index >= 15 is 0 Å². The second kappa shape index (κ2) is 10.1. The van der Waals surface area contributed by atoms with E-state index < -0.39 is 11.7 Å². The number of carbonyl (C=O) groups is 2. The smallest absolute Gasteiger partial charge is 0.351 e. The van der Waals surface area contributed by atoms with Crippen molar-refractivity contribution in [2.45, 2.75) is 58.0 Å². The molecule has 3 rings (SSSR count). The summed E-state index contributed by atoms with van der Waals surface area (Å²) in [4.78, 5) is 30.9. The van der Waals surface area contributed by atoms with E-state index in [-0.39, 0.29) is 36.5 Å². The summed E-state index contributed by atoms with van der Waals surface area (Å²) in [6, 6.07) is 2.16. The van der Waals surface area contributed by atoms with Crippen LogP contribution in [0.5, 0.6) is 0 Å². The van der Waals surface area contributed by atoms with Gasteiger partial charge in [0.2, 0.25) is 5.91 Å². The van der Waals surface area contributed by atoms with Crippen LogP contribution in [0, 0.1) is 0 Å². The van der Waals surface area contributed by atoms with Crippen LogP contribution in [0.3, 0.4) is 0 Å². The van der Waals surface area contributed by atoms with Gasteiger partial charge >= 0.3 is 6.18 Å². The summed E-state index contributed by atoms with van der Waals surface area (Å²) in [5, 5.41) is 6.95. The fourth-order valence-corrected chi connectivity index (χ4v) is 3.81. The van der Waals surface area contributed by atoms with Gasteiger partial charge in [0, 0.05) is 32.3 Å². The largest absolute Gasteiger partial charge is 0.417 e. The van der Waals surface area contributed by atoms with E-state index in [1.165, 1.54) is 16.9 Å². The first kappa shape index (κ1) is 23.7. The van der Waals surface area contributed by atoms with Crippen molar-refractivity contribution < 1.29 is 22.8 Å². The first-order chi connectivity index (χ1) is 15.2. The SMILES string of the molecule is CC(C)c1c(C(=O)NCCC(=O)N2CCCCCC2)cnn1-c1ccc(C(F)(F)F)cn1. The number of nitrogens with one attached hydrogen (secondary N) is 1. The minimum absolute atomic E-state index is 0.0286. The van der Waals surface area contributed by atoms with Crippen LogP contribution in [0.2, 0.25) is 0 Å². The Bertz CT molecular complexity index is 930. The van der Waals surface area contributed by atoms with Crippen molar-refractivity contribution >= 4 is 11.8 Å². The first-order valence-corrected chi connectivity index (χ1v) is 10.9. The number of alkyl halides is 3. The Hall–Kier alpha value is -2.91. The van der Waals surface area contributed by atoms with Crippen molar-refractivity contribution in [3.05, 3.63) is 41.3 Å². The number of likely N-dealkylation sites (tertiary alicyclic amines) is 1. The second-order valence-corrected chi connectivity index (χ2v) is 8.21. The predicted molar refractivity (Wildman–Crippen MR) is 112 cm³/mol. The van der Waals surface area contributed by atoms with Crippen molar-refractivity contribution in [2.24, 2.45) is 0 Å². The van der Waals surface area contributed by atoms with Gasteiger partial charge < -0.3 is 10.2 Å². The molecule has 0 aliphatic carbocycles. The zero-order valence-electron chi connectivity index (χ0n) is 18.3. The van der Waals surface area contributed by atoms with Gasteiger partial charge in [-0.25, -0.2) is 9.67 Å². The van der Waals surface area contributed by atoms with Crippen LogP contribution in [0.15, 0.2) is 24.5 Å². The molecule has 0 saturated carbocycles. The van der Waals surface area contributed by atoms with Gasteiger partial charge in [-0.2, -0.15) is 18.3 Å². The van der Waals surface area contributed by atoms with Crippen LogP contribution in [-0.4, -0.2) is 51.1 Å². The molecular formula is C22H28F3N5O2. The molecule has 1 aliphatic heterocycles. The predicted octanol–water partition coefficient (Wildman–Crippen LogP) is 3.93. The molecule has 10 heteroatoms. The van der Waals surface area contributed by atoms with Gasteiger partial charge in [0.05, 0.1) is 23.0 Å². The molecule has 0 radical (unpaired) electrons. The maximum absolute atomic E-state index is 12.8. The molecule has 0 spiro atoms. The Morgan fingerprint density at radius 3 is 2.34 bits per heavy atom. The molecule has 1 saturated heterocycles. The monoisotopic (exact) mass is 451 g/mol. The third-order valence-electron chi connectivity index (χ3n) is 5.47. The summed E-state index contributed by atoms with van der Waals surface area (Å²) in [7, 11) is 0. The molecule has 1 fully saturated rings. The number of carbonyl (C=O) groups excluding carboxylic acids is 2. The van der Waals surface area contributed by atoms with E-state index in [2.05, 4.69) is 15.4 Å². The fourth-order valence-electron chi connectivity index (χ4n) is 3.81. The maximum Gasteiger partial charge on any atom is 0.417 e. The van der Waals surface area contributed by atoms with Crippen molar-refractivity contribution in [3.8, 4) is 5.82 Å². The van der Waals surface area contributed by atoms with Crippen LogP contribution < -0.4 is 5.32 Å². The van der Waals surface area contributed by atoms with E-state index in [1.807, 2.05) is 18.7 Å². The third-order valence-corrected chi connectivity index (χ3v) is 5.47. The quantitative estimate of drug-likeness (QED) is 0.722. The molecule has 3 heterocycles. The van der Waals surface area contributed by atoms with Gasteiger partial charge in [0.1, 0.15) is 0 Å². The number of rotatable bonds is 6. The number of halogens is 3. The van der Waals surface area contributed by atoms with Crippen molar-refractivity contribution in [2.75, 3.05) is 19.6 Å². The highest BCUT2D eigenvalue weighted by atomic mass is 19.4. The molecule has 2 aromatic rings. The summed E-state index contributed by atoms with van der Waals surface area (Å²) in [5.74, 6) is -0.297. The highest BCUT2D eigenvalue weighted by Gasteiger charge is 2.31. The van der Waals surface area contributed by atoms with Crippen molar-refractivity contribution in [1.29, 1.82) is 0 Å². The third kappa shape index (κ3) is 5.66. The highest BCUT2D eigenvalue weighted by molar-refractivity contribution is 5.95. The average molecular weight is 451 g/mol. The summed E-state index contributed by atoms with van der Waals surface area (Å²) in [6.45, 7) is 5.44. The zero-order chi connectivity index (χ0) is 23.3. The van der Waals surface area contributed by atoms with E-state index in [4.69, 9.17) is 0 Å². The number of nitrogens with zero attached hydrogens (tertiary/aromatic N) is 4. The Morgan fingerprint density at radius 1 is 1.09 bits per heavy atom. The van der Waals surface area contributed by atoms with E-state index in [1.54, 1.807) is 0 Å². The number of hydrogen-bond donors (Lipinski definition) is 1. The zero-order valence-corrected chi connectivity index (χ0v) is 18.3. The minimum atomic E-state index is -4.48. The van der Waals surface area contributed by atoms with Gasteiger partial charge in [-0.05, 0) is 30.9 Å². The van der Waals surface area contributed by atoms with Gasteiger partial charge in [0.15, 0.2) is 5.82 Å². The summed E-state index contributed by atoms with van der Waals surface area (Å²) in [6.07, 6.45) is 2.15. The molecule has 1 aliphatic rings. The normalized spacial score (nSPS) is 15.0. The molecule has 2 amide bonds. The van der Waals surface area contributed by atoms with Crippen LogP contribution in [0.1, 0.15) is 73.5 Å². The topological polar surface area (TPSA) is 80.1 Å². The summed E-state index contributed by atoms with van der Waals surface area (Å²) >= 11 is 0. The Balaban J connectivity index is 1.68. The lowest BCUT2D eigenvalue weighted by molar-refractivity contribution is -0.137. The lowest BCUT2D eigenvalue weighted by Gasteiger charge is -2.20. The molecule has 7 nitrogen and oxygen atoms in total. The molecule has 1 N–H and O–H groups in total. The molecular weight excluding hydrogens is 423 g/mol. The van der Waals surface area contributed by atoms with Gasteiger partial charge in [-0.1, -0.05) is 26.7 Å². The van der Waals surface area contributed by atoms with E-state index in [0.717, 1.165) is 51.0 Å². The standard InChI is InChI=1S/C22H28F3N5O2/c1-15(2)20-17(14-28-30(20)18-8-7-16(13-27-18)22(23,24)25)21(32)26-10-9-19(31)29-11-5-3-4-6-12-29/h7-8,13-15H,3-6,9-12H2,1-2H3,(H,26,32). The van der Waals surface area contributed by atoms with E-state index in [9.17, 15) is 22.8 Å². The lowest BCUT2D eigenvalue weighted by Crippen LogP contribution is -2.35. The number of hydrogen-bond acceptors (Lipinski definition) is 4. The van der Waals surface area contributed by atoms with Gasteiger partial charge in [-0.3, -0.25) is 9.59 Å². The van der Waals surface area contributed by atoms with Crippen molar-refractivity contribution in [1.82, 2.24) is 25.0 Å². The summed E-state index contributed by atoms with van der Waals surface area (Å²) in [5.41, 5.74) is -0.0101. The lowest BCUT2D eigenvalue weighted by atomic mass is 10.1. The molecule has 0 unspecified atom stereocenters. The fraction of sp³-hybridized carbons (Fsp3) is 0.545. The minimum Gasteiger partial charge on any atom is -0.351 e. The molecule has 2 aromatic heterocycles. The van der Waals surface area contributed by atoms with Gasteiger partial charge in [0.25, 0.3) is 5.91 Å². The summed E-state index contributed by atoms with van der Waals surface area (Å²) < 4.78 is 39.8. The van der Waals surface area contributed by atoms with Crippen LogP contribution in [0.25, 0.3) is 5.82 Å². The number of aromatic nitrogens is 3. The Labute approximate surface area is 185 Å². The number of pyridine rings is 1. The second-order valence-electron chi connectivity index (χ2n) is 8.21. The maximum atomic E-state index is 12.8. The van der Waals surface area contributed by atoms with Crippen LogP contribution in [0.4, 0.5) is 13.2 Å². The van der Waals surface area contributed by atoms with Gasteiger partial charge in [-0.15, -0.1) is 0 Å². The Morgan fingerprint density at radius 2 is 1.78 bits per heavy atom. The van der Waals surface area contributed by atoms with E-state index in [0.29, 0.717) is 11.3 Å². The molecule has 0 aromatic carbocycles. The molecule has 0 bridgehead atoms. The highest BCUT2D eigenvalue weighted by Crippen LogP contribution is 2.29. The van der Waals surface area contributed by atoms with Crippen molar-refractivity contribution in [3.63, 3.8) is 0 Å². The average Bonchev–Trinajstić information content (AvgIpc) is 3.01. The molecule has 0 atom stereocenters. The van der Waals surface area contributed by atoms with Crippen LogP contribution in [-0.2, 0) is 11.0 Å².